The Morgan fingerprint density at radius 3 is 2.24 bits per heavy atom. The zero-order valence-corrected chi connectivity index (χ0v) is 10.7. The summed E-state index contributed by atoms with van der Waals surface area (Å²) >= 11 is 0. The molecule has 90 valence electrons. The summed E-state index contributed by atoms with van der Waals surface area (Å²) in [5.41, 5.74) is 1.30. The van der Waals surface area contributed by atoms with Gasteiger partial charge in [-0.25, -0.2) is 0 Å². The van der Waals surface area contributed by atoms with Gasteiger partial charge in [-0.2, -0.15) is 5.26 Å². The molecule has 1 rings (SSSR count). The van der Waals surface area contributed by atoms with Gasteiger partial charge in [0.25, 0.3) is 0 Å². The Morgan fingerprint density at radius 2 is 1.76 bits per heavy atom. The zero-order valence-electron chi connectivity index (χ0n) is 10.7. The van der Waals surface area contributed by atoms with E-state index in [1.54, 1.807) is 24.3 Å². The fourth-order valence-electron chi connectivity index (χ4n) is 1.71. The Bertz CT molecular complexity index is 412. The first kappa shape index (κ1) is 13.4. The molecular formula is C15H19NO. The third-order valence-electron chi connectivity index (χ3n) is 2.92. The molecule has 0 saturated carbocycles. The number of nitrogens with zero attached hydrogens (tertiary/aromatic N) is 1. The van der Waals surface area contributed by atoms with E-state index in [0.717, 1.165) is 12.8 Å². The minimum Gasteiger partial charge on any atom is -0.294 e. The molecule has 1 aromatic carbocycles. The largest absolute Gasteiger partial charge is 0.294 e. The lowest BCUT2D eigenvalue weighted by Crippen LogP contribution is -2.12. The lowest BCUT2D eigenvalue weighted by molar-refractivity contribution is 0.0920. The molecule has 0 fully saturated rings. The third kappa shape index (κ3) is 4.03. The maximum atomic E-state index is 12.1. The van der Waals surface area contributed by atoms with Crippen LogP contribution in [0, 0.1) is 23.2 Å². The molecule has 0 radical (unpaired) electrons. The monoisotopic (exact) mass is 229 g/mol. The molecule has 2 nitrogen and oxygen atoms in total. The van der Waals surface area contributed by atoms with E-state index in [1.165, 1.54) is 0 Å². The van der Waals surface area contributed by atoms with Crippen LogP contribution < -0.4 is 0 Å². The highest BCUT2D eigenvalue weighted by molar-refractivity contribution is 5.97. The molecule has 1 unspecified atom stereocenters. The van der Waals surface area contributed by atoms with Crippen LogP contribution in [0.15, 0.2) is 24.3 Å². The van der Waals surface area contributed by atoms with Crippen molar-refractivity contribution in [2.45, 2.75) is 33.6 Å². The molecule has 0 saturated heterocycles. The van der Waals surface area contributed by atoms with Gasteiger partial charge in [-0.15, -0.1) is 0 Å². The topological polar surface area (TPSA) is 40.9 Å². The highest BCUT2D eigenvalue weighted by Gasteiger charge is 2.15. The summed E-state index contributed by atoms with van der Waals surface area (Å²) in [4.78, 5) is 12.1. The second kappa shape index (κ2) is 6.20. The Morgan fingerprint density at radius 1 is 1.18 bits per heavy atom. The molecule has 0 spiro atoms. The van der Waals surface area contributed by atoms with E-state index in [1.807, 2.05) is 6.92 Å². The molecule has 0 amide bonds. The highest BCUT2D eigenvalue weighted by atomic mass is 16.1. The average Bonchev–Trinajstić information content (AvgIpc) is 2.35. The molecule has 1 aromatic rings. The van der Waals surface area contributed by atoms with Gasteiger partial charge in [-0.3, -0.25) is 4.79 Å². The summed E-state index contributed by atoms with van der Waals surface area (Å²) in [5.74, 6) is 0.867. The Kier molecular flexibility index (Phi) is 4.90. The van der Waals surface area contributed by atoms with Gasteiger partial charge in [0.15, 0.2) is 5.78 Å². The predicted octanol–water partition coefficient (Wildman–Crippen LogP) is 3.81. The number of Topliss-reactive ketones (excluding diaryl/α,β-unsaturated/α-hetero) is 1. The third-order valence-corrected chi connectivity index (χ3v) is 2.92. The summed E-state index contributed by atoms with van der Waals surface area (Å²) < 4.78 is 0. The quantitative estimate of drug-likeness (QED) is 0.720. The zero-order chi connectivity index (χ0) is 12.8. The van der Waals surface area contributed by atoms with Gasteiger partial charge >= 0.3 is 0 Å². The standard InChI is InChI=1S/C15H19NO/c1-11(2)4-5-12(3)15(17)14-8-6-13(10-16)7-9-14/h6-9,11-12H,4-5H2,1-3H3. The normalized spacial score (nSPS) is 12.2. The molecule has 0 aliphatic carbocycles. The van der Waals surface area contributed by atoms with E-state index in [-0.39, 0.29) is 11.7 Å². The number of hydrogen-bond acceptors (Lipinski definition) is 2. The molecule has 0 bridgehead atoms. The van der Waals surface area contributed by atoms with Gasteiger partial charge in [0.1, 0.15) is 0 Å². The van der Waals surface area contributed by atoms with Crippen molar-refractivity contribution < 1.29 is 4.79 Å². The summed E-state index contributed by atoms with van der Waals surface area (Å²) in [6, 6.07) is 8.93. The van der Waals surface area contributed by atoms with Crippen LogP contribution in [-0.2, 0) is 0 Å². The molecule has 1 atom stereocenters. The summed E-state index contributed by atoms with van der Waals surface area (Å²) in [5, 5.41) is 8.69. The molecule has 0 heterocycles. The fourth-order valence-corrected chi connectivity index (χ4v) is 1.71. The van der Waals surface area contributed by atoms with Crippen LogP contribution in [-0.4, -0.2) is 5.78 Å². The van der Waals surface area contributed by atoms with Crippen molar-refractivity contribution in [3.8, 4) is 6.07 Å². The molecular weight excluding hydrogens is 210 g/mol. The van der Waals surface area contributed by atoms with E-state index in [0.29, 0.717) is 17.0 Å². The number of benzene rings is 1. The average molecular weight is 229 g/mol. The first-order chi connectivity index (χ1) is 8.04. The lowest BCUT2D eigenvalue weighted by Gasteiger charge is -2.11. The summed E-state index contributed by atoms with van der Waals surface area (Å²) in [6.45, 7) is 6.31. The van der Waals surface area contributed by atoms with Gasteiger partial charge < -0.3 is 0 Å². The van der Waals surface area contributed by atoms with E-state index in [9.17, 15) is 4.79 Å². The first-order valence-corrected chi connectivity index (χ1v) is 6.09. The van der Waals surface area contributed by atoms with Crippen molar-refractivity contribution in [3.05, 3.63) is 35.4 Å². The van der Waals surface area contributed by atoms with Crippen molar-refractivity contribution in [1.82, 2.24) is 0 Å². The van der Waals surface area contributed by atoms with Crippen LogP contribution in [0.4, 0.5) is 0 Å². The van der Waals surface area contributed by atoms with Crippen LogP contribution >= 0.6 is 0 Å². The van der Waals surface area contributed by atoms with E-state index < -0.39 is 0 Å². The van der Waals surface area contributed by atoms with Crippen LogP contribution in [0.3, 0.4) is 0 Å². The SMILES string of the molecule is CC(C)CCC(C)C(=O)c1ccc(C#N)cc1. The Labute approximate surface area is 103 Å². The molecule has 0 aromatic heterocycles. The number of ketones is 1. The number of carbonyl (C=O) groups excluding carboxylic acids is 1. The summed E-state index contributed by atoms with van der Waals surface area (Å²) in [7, 11) is 0. The van der Waals surface area contributed by atoms with E-state index >= 15 is 0 Å². The maximum absolute atomic E-state index is 12.1. The number of rotatable bonds is 5. The van der Waals surface area contributed by atoms with E-state index in [2.05, 4.69) is 19.9 Å². The van der Waals surface area contributed by atoms with Crippen LogP contribution in [0.5, 0.6) is 0 Å². The van der Waals surface area contributed by atoms with Crippen LogP contribution in [0.1, 0.15) is 49.5 Å². The first-order valence-electron chi connectivity index (χ1n) is 6.09. The molecule has 0 aliphatic rings. The number of carbonyl (C=O) groups is 1. The Balaban J connectivity index is 2.65. The van der Waals surface area contributed by atoms with Crippen molar-refractivity contribution >= 4 is 5.78 Å². The van der Waals surface area contributed by atoms with Crippen molar-refractivity contribution in [2.24, 2.45) is 11.8 Å². The van der Waals surface area contributed by atoms with Gasteiger partial charge in [-0.1, -0.05) is 39.3 Å². The maximum Gasteiger partial charge on any atom is 0.165 e. The molecule has 0 N–H and O–H groups in total. The van der Waals surface area contributed by atoms with E-state index in [4.69, 9.17) is 5.26 Å². The van der Waals surface area contributed by atoms with Crippen molar-refractivity contribution in [3.63, 3.8) is 0 Å². The van der Waals surface area contributed by atoms with Gasteiger partial charge in [0.2, 0.25) is 0 Å². The number of nitriles is 1. The minimum absolute atomic E-state index is 0.0605. The second-order valence-electron chi connectivity index (χ2n) is 4.93. The van der Waals surface area contributed by atoms with Gasteiger partial charge in [0, 0.05) is 11.5 Å². The lowest BCUT2D eigenvalue weighted by atomic mass is 9.92. The van der Waals surface area contributed by atoms with Gasteiger partial charge in [-0.05, 0) is 24.5 Å². The minimum atomic E-state index is 0.0605. The van der Waals surface area contributed by atoms with Crippen molar-refractivity contribution in [2.75, 3.05) is 0 Å². The molecule has 0 aliphatic heterocycles. The molecule has 2 heteroatoms. The van der Waals surface area contributed by atoms with Crippen LogP contribution in [0.25, 0.3) is 0 Å². The highest BCUT2D eigenvalue weighted by Crippen LogP contribution is 2.17. The Hall–Kier alpha value is -1.62. The van der Waals surface area contributed by atoms with Gasteiger partial charge in [0.05, 0.1) is 11.6 Å². The summed E-state index contributed by atoms with van der Waals surface area (Å²) in [6.07, 6.45) is 2.00. The van der Waals surface area contributed by atoms with Crippen LogP contribution in [0.2, 0.25) is 0 Å². The molecule has 17 heavy (non-hydrogen) atoms. The second-order valence-corrected chi connectivity index (χ2v) is 4.93. The van der Waals surface area contributed by atoms with Crippen molar-refractivity contribution in [1.29, 1.82) is 5.26 Å². The smallest absolute Gasteiger partial charge is 0.165 e. The fraction of sp³-hybridized carbons (Fsp3) is 0.467. The number of hydrogen-bond donors (Lipinski definition) is 0. The predicted molar refractivity (Wildman–Crippen MR) is 68.7 cm³/mol.